The number of hydrogen-bond donors (Lipinski definition) is 1. The zero-order valence-corrected chi connectivity index (χ0v) is 10.8. The number of rotatable bonds is 4. The fourth-order valence-electron chi connectivity index (χ4n) is 2.43. The Morgan fingerprint density at radius 1 is 1.40 bits per heavy atom. The van der Waals surface area contributed by atoms with Gasteiger partial charge in [0.25, 0.3) is 0 Å². The predicted octanol–water partition coefficient (Wildman–Crippen LogP) is 4.03. The summed E-state index contributed by atoms with van der Waals surface area (Å²) in [6.07, 6.45) is 5.08. The Morgan fingerprint density at radius 2 is 2.07 bits per heavy atom. The van der Waals surface area contributed by atoms with E-state index in [4.69, 9.17) is 5.73 Å². The summed E-state index contributed by atoms with van der Waals surface area (Å²) in [6, 6.07) is 8.54. The lowest BCUT2D eigenvalue weighted by Crippen LogP contribution is -2.23. The van der Waals surface area contributed by atoms with Crippen molar-refractivity contribution in [2.45, 2.75) is 38.6 Å². The molecule has 2 rings (SSSR count). The molecule has 15 heavy (non-hydrogen) atoms. The quantitative estimate of drug-likeness (QED) is 0.876. The first-order valence-corrected chi connectivity index (χ1v) is 6.49. The monoisotopic (exact) mass is 267 g/mol. The summed E-state index contributed by atoms with van der Waals surface area (Å²) in [7, 11) is 0. The normalized spacial score (nSPS) is 19.9. The van der Waals surface area contributed by atoms with Crippen molar-refractivity contribution in [1.29, 1.82) is 0 Å². The molecule has 0 spiro atoms. The molecule has 1 fully saturated rings. The Morgan fingerprint density at radius 3 is 2.60 bits per heavy atom. The summed E-state index contributed by atoms with van der Waals surface area (Å²) in [5, 5.41) is 0. The fourth-order valence-corrected chi connectivity index (χ4v) is 2.96. The number of hydrogen-bond acceptors (Lipinski definition) is 1. The van der Waals surface area contributed by atoms with Gasteiger partial charge in [0, 0.05) is 10.5 Å². The topological polar surface area (TPSA) is 26.0 Å². The summed E-state index contributed by atoms with van der Waals surface area (Å²) in [5.74, 6) is 0. The van der Waals surface area contributed by atoms with Gasteiger partial charge in [-0.05, 0) is 36.3 Å². The minimum atomic E-state index is 0.202. The second-order valence-electron chi connectivity index (χ2n) is 4.61. The highest BCUT2D eigenvalue weighted by molar-refractivity contribution is 9.10. The maximum atomic E-state index is 6.39. The lowest BCUT2D eigenvalue weighted by atomic mass is 9.87. The molecule has 1 atom stereocenters. The molecule has 0 radical (unpaired) electrons. The molecule has 0 aromatic heterocycles. The minimum Gasteiger partial charge on any atom is -0.323 e. The van der Waals surface area contributed by atoms with E-state index in [1.807, 2.05) is 6.07 Å². The third kappa shape index (κ3) is 2.11. The molecule has 1 aliphatic rings. The Balaban J connectivity index is 2.21. The maximum Gasteiger partial charge on any atom is 0.0363 e. The van der Waals surface area contributed by atoms with E-state index in [2.05, 4.69) is 41.1 Å². The second kappa shape index (κ2) is 4.26. The molecule has 1 nitrogen and oxygen atoms in total. The Hall–Kier alpha value is -0.340. The summed E-state index contributed by atoms with van der Waals surface area (Å²) in [5.41, 5.74) is 8.06. The fraction of sp³-hybridized carbons (Fsp3) is 0.538. The van der Waals surface area contributed by atoms with E-state index in [-0.39, 0.29) is 6.04 Å². The molecule has 0 heterocycles. The van der Waals surface area contributed by atoms with E-state index in [9.17, 15) is 0 Å². The van der Waals surface area contributed by atoms with E-state index in [1.54, 1.807) is 0 Å². The average molecular weight is 268 g/mol. The van der Waals surface area contributed by atoms with Gasteiger partial charge in [0.2, 0.25) is 0 Å². The molecule has 1 saturated carbocycles. The molecule has 2 heteroatoms. The first-order chi connectivity index (χ1) is 7.19. The average Bonchev–Trinajstić information content (AvgIpc) is 2.99. The first kappa shape index (κ1) is 11.2. The van der Waals surface area contributed by atoms with Crippen LogP contribution in [0.3, 0.4) is 0 Å². The summed E-state index contributed by atoms with van der Waals surface area (Å²) < 4.78 is 1.15. The van der Waals surface area contributed by atoms with Crippen LogP contribution in [0.5, 0.6) is 0 Å². The number of benzene rings is 1. The third-order valence-corrected chi connectivity index (χ3v) is 4.26. The highest BCUT2D eigenvalue weighted by Gasteiger charge is 2.47. The molecule has 1 unspecified atom stereocenters. The van der Waals surface area contributed by atoms with Crippen molar-refractivity contribution in [3.63, 3.8) is 0 Å². The van der Waals surface area contributed by atoms with Gasteiger partial charge in [-0.15, -0.1) is 0 Å². The lowest BCUT2D eigenvalue weighted by Gasteiger charge is -2.24. The largest absolute Gasteiger partial charge is 0.323 e. The number of nitrogens with two attached hydrogens (primary N) is 1. The van der Waals surface area contributed by atoms with Crippen LogP contribution in [-0.2, 0) is 0 Å². The van der Waals surface area contributed by atoms with Gasteiger partial charge in [0.15, 0.2) is 0 Å². The van der Waals surface area contributed by atoms with Crippen LogP contribution in [-0.4, -0.2) is 0 Å². The van der Waals surface area contributed by atoms with Crippen LogP contribution in [0.25, 0.3) is 0 Å². The first-order valence-electron chi connectivity index (χ1n) is 5.69. The van der Waals surface area contributed by atoms with Crippen LogP contribution in [0.4, 0.5) is 0 Å². The van der Waals surface area contributed by atoms with Crippen LogP contribution in [0.15, 0.2) is 28.7 Å². The second-order valence-corrected chi connectivity index (χ2v) is 5.47. The summed E-state index contributed by atoms with van der Waals surface area (Å²) in [6.45, 7) is 2.24. The predicted molar refractivity (Wildman–Crippen MR) is 67.6 cm³/mol. The zero-order valence-electron chi connectivity index (χ0n) is 9.17. The zero-order chi connectivity index (χ0) is 10.9. The Labute approximate surface area is 100 Å². The van der Waals surface area contributed by atoms with E-state index in [1.165, 1.54) is 31.2 Å². The molecule has 0 aliphatic heterocycles. The van der Waals surface area contributed by atoms with E-state index >= 15 is 0 Å². The molecule has 1 aromatic rings. The highest BCUT2D eigenvalue weighted by Crippen LogP contribution is 2.57. The van der Waals surface area contributed by atoms with Crippen LogP contribution in [0, 0.1) is 5.41 Å². The van der Waals surface area contributed by atoms with Crippen LogP contribution >= 0.6 is 15.9 Å². The maximum absolute atomic E-state index is 6.39. The van der Waals surface area contributed by atoms with Crippen molar-refractivity contribution in [3.8, 4) is 0 Å². The van der Waals surface area contributed by atoms with Crippen LogP contribution in [0.1, 0.15) is 44.2 Å². The van der Waals surface area contributed by atoms with Gasteiger partial charge >= 0.3 is 0 Å². The van der Waals surface area contributed by atoms with Gasteiger partial charge in [-0.3, -0.25) is 0 Å². The van der Waals surface area contributed by atoms with Gasteiger partial charge in [-0.25, -0.2) is 0 Å². The van der Waals surface area contributed by atoms with Crippen molar-refractivity contribution in [3.05, 3.63) is 34.3 Å². The lowest BCUT2D eigenvalue weighted by molar-refractivity contribution is 0.373. The Bertz CT molecular complexity index is 344. The molecule has 1 aliphatic carbocycles. The van der Waals surface area contributed by atoms with Crippen molar-refractivity contribution in [1.82, 2.24) is 0 Å². The van der Waals surface area contributed by atoms with E-state index in [0.717, 1.165) is 4.47 Å². The molecular formula is C13H18BrN. The third-order valence-electron chi connectivity index (χ3n) is 3.54. The highest BCUT2D eigenvalue weighted by atomic mass is 79.9. The summed E-state index contributed by atoms with van der Waals surface area (Å²) in [4.78, 5) is 0. The van der Waals surface area contributed by atoms with Crippen LogP contribution in [0.2, 0.25) is 0 Å². The van der Waals surface area contributed by atoms with Crippen molar-refractivity contribution < 1.29 is 0 Å². The van der Waals surface area contributed by atoms with E-state index in [0.29, 0.717) is 5.41 Å². The van der Waals surface area contributed by atoms with Gasteiger partial charge in [0.05, 0.1) is 0 Å². The standard InChI is InChI=1S/C13H18BrN/c1-2-7-13(8-9-13)12(15)10-5-3-4-6-11(10)14/h3-6,12H,2,7-9,15H2,1H3. The molecule has 2 N–H and O–H groups in total. The van der Waals surface area contributed by atoms with Crippen molar-refractivity contribution in [2.24, 2.45) is 11.1 Å². The molecule has 0 bridgehead atoms. The summed E-state index contributed by atoms with van der Waals surface area (Å²) >= 11 is 3.59. The van der Waals surface area contributed by atoms with E-state index < -0.39 is 0 Å². The molecule has 0 amide bonds. The minimum absolute atomic E-state index is 0.202. The van der Waals surface area contributed by atoms with Gasteiger partial charge in [0.1, 0.15) is 0 Å². The van der Waals surface area contributed by atoms with Crippen molar-refractivity contribution in [2.75, 3.05) is 0 Å². The molecule has 1 aromatic carbocycles. The van der Waals surface area contributed by atoms with Crippen LogP contribution < -0.4 is 5.73 Å². The Kier molecular flexibility index (Phi) is 3.17. The number of halogens is 1. The smallest absolute Gasteiger partial charge is 0.0363 e. The van der Waals surface area contributed by atoms with Gasteiger partial charge in [-0.2, -0.15) is 0 Å². The molecule has 82 valence electrons. The SMILES string of the molecule is CCCC1(C(N)c2ccccc2Br)CC1. The molecule has 0 saturated heterocycles. The van der Waals surface area contributed by atoms with Crippen molar-refractivity contribution >= 4 is 15.9 Å². The van der Waals surface area contributed by atoms with Gasteiger partial charge < -0.3 is 5.73 Å². The molecular weight excluding hydrogens is 250 g/mol. The van der Waals surface area contributed by atoms with Gasteiger partial charge in [-0.1, -0.05) is 47.5 Å².